The smallest absolute Gasteiger partial charge is 0.114 e. The molecule has 2 heterocycles. The SMILES string of the molecule is CC1CCCC(Cn2c(C(C)(C)C)nc3c2CCNC3)C1. The largest absolute Gasteiger partial charge is 0.331 e. The molecule has 118 valence electrons. The highest BCUT2D eigenvalue weighted by Crippen LogP contribution is 2.33. The molecule has 1 aliphatic carbocycles. The molecular formula is C18H31N3. The van der Waals surface area contributed by atoms with Crippen LogP contribution < -0.4 is 5.32 Å². The molecule has 3 rings (SSSR count). The van der Waals surface area contributed by atoms with E-state index in [9.17, 15) is 0 Å². The van der Waals surface area contributed by atoms with Crippen molar-refractivity contribution < 1.29 is 0 Å². The second-order valence-electron chi connectivity index (χ2n) is 8.25. The summed E-state index contributed by atoms with van der Waals surface area (Å²) in [6, 6.07) is 0. The molecule has 0 amide bonds. The van der Waals surface area contributed by atoms with Crippen LogP contribution in [0.15, 0.2) is 0 Å². The first-order chi connectivity index (χ1) is 9.95. The third-order valence-corrected chi connectivity index (χ3v) is 5.14. The molecule has 1 aromatic rings. The van der Waals surface area contributed by atoms with E-state index in [-0.39, 0.29) is 5.41 Å². The van der Waals surface area contributed by atoms with E-state index >= 15 is 0 Å². The van der Waals surface area contributed by atoms with Crippen molar-refractivity contribution in [2.75, 3.05) is 6.54 Å². The molecular weight excluding hydrogens is 258 g/mol. The van der Waals surface area contributed by atoms with E-state index in [2.05, 4.69) is 37.6 Å². The monoisotopic (exact) mass is 289 g/mol. The molecule has 0 radical (unpaired) electrons. The molecule has 2 unspecified atom stereocenters. The van der Waals surface area contributed by atoms with Crippen LogP contribution in [0.25, 0.3) is 0 Å². The zero-order valence-electron chi connectivity index (χ0n) is 14.2. The fourth-order valence-electron chi connectivity index (χ4n) is 4.12. The fraction of sp³-hybridized carbons (Fsp3) is 0.833. The number of rotatable bonds is 2. The van der Waals surface area contributed by atoms with Crippen molar-refractivity contribution >= 4 is 0 Å². The first-order valence-electron chi connectivity index (χ1n) is 8.74. The second kappa shape index (κ2) is 5.75. The van der Waals surface area contributed by atoms with Gasteiger partial charge >= 0.3 is 0 Å². The number of aromatic nitrogens is 2. The summed E-state index contributed by atoms with van der Waals surface area (Å²) in [5.74, 6) is 3.06. The zero-order valence-corrected chi connectivity index (χ0v) is 14.2. The number of nitrogens with zero attached hydrogens (tertiary/aromatic N) is 2. The summed E-state index contributed by atoms with van der Waals surface area (Å²) in [5.41, 5.74) is 2.95. The lowest BCUT2D eigenvalue weighted by Gasteiger charge is -2.30. The quantitative estimate of drug-likeness (QED) is 0.900. The zero-order chi connectivity index (χ0) is 15.0. The maximum Gasteiger partial charge on any atom is 0.114 e. The topological polar surface area (TPSA) is 29.9 Å². The minimum atomic E-state index is 0.137. The number of hydrogen-bond donors (Lipinski definition) is 1. The van der Waals surface area contributed by atoms with Crippen molar-refractivity contribution in [1.82, 2.24) is 14.9 Å². The first-order valence-corrected chi connectivity index (χ1v) is 8.74. The number of imidazole rings is 1. The highest BCUT2D eigenvalue weighted by atomic mass is 15.1. The van der Waals surface area contributed by atoms with Gasteiger partial charge in [-0.1, -0.05) is 40.5 Å². The summed E-state index contributed by atoms with van der Waals surface area (Å²) >= 11 is 0. The molecule has 0 spiro atoms. The van der Waals surface area contributed by atoms with Gasteiger partial charge in [-0.15, -0.1) is 0 Å². The van der Waals surface area contributed by atoms with E-state index in [1.54, 1.807) is 0 Å². The summed E-state index contributed by atoms with van der Waals surface area (Å²) in [5, 5.41) is 3.47. The Balaban J connectivity index is 1.90. The van der Waals surface area contributed by atoms with Gasteiger partial charge in [0.1, 0.15) is 5.82 Å². The summed E-state index contributed by atoms with van der Waals surface area (Å²) in [7, 11) is 0. The number of fused-ring (bicyclic) bond motifs is 1. The van der Waals surface area contributed by atoms with E-state index in [0.717, 1.165) is 31.3 Å². The van der Waals surface area contributed by atoms with Crippen molar-refractivity contribution in [2.24, 2.45) is 11.8 Å². The standard InChI is InChI=1S/C18H31N3/c1-13-6-5-7-14(10-13)12-21-16-8-9-19-11-15(16)20-17(21)18(2,3)4/h13-14,19H,5-12H2,1-4H3. The molecule has 0 aromatic carbocycles. The third-order valence-electron chi connectivity index (χ3n) is 5.14. The summed E-state index contributed by atoms with van der Waals surface area (Å²) in [4.78, 5) is 5.01. The van der Waals surface area contributed by atoms with Crippen molar-refractivity contribution in [1.29, 1.82) is 0 Å². The van der Waals surface area contributed by atoms with Gasteiger partial charge in [0.2, 0.25) is 0 Å². The van der Waals surface area contributed by atoms with Crippen LogP contribution in [-0.2, 0) is 24.9 Å². The van der Waals surface area contributed by atoms with Gasteiger partial charge in [0.05, 0.1) is 5.69 Å². The van der Waals surface area contributed by atoms with Gasteiger partial charge in [0.15, 0.2) is 0 Å². The summed E-state index contributed by atoms with van der Waals surface area (Å²) in [6.45, 7) is 12.6. The van der Waals surface area contributed by atoms with Gasteiger partial charge in [-0.2, -0.15) is 0 Å². The lowest BCUT2D eigenvalue weighted by Crippen LogP contribution is -2.28. The molecule has 1 saturated carbocycles. The van der Waals surface area contributed by atoms with Crippen molar-refractivity contribution in [3.05, 3.63) is 17.2 Å². The van der Waals surface area contributed by atoms with E-state index in [1.165, 1.54) is 49.4 Å². The molecule has 3 nitrogen and oxygen atoms in total. The lowest BCUT2D eigenvalue weighted by molar-refractivity contribution is 0.250. The Kier molecular flexibility index (Phi) is 4.13. The van der Waals surface area contributed by atoms with E-state index < -0.39 is 0 Å². The molecule has 3 heteroatoms. The van der Waals surface area contributed by atoms with E-state index in [0.29, 0.717) is 0 Å². The average Bonchev–Trinajstić information content (AvgIpc) is 2.78. The van der Waals surface area contributed by atoms with Gasteiger partial charge in [-0.25, -0.2) is 4.98 Å². The van der Waals surface area contributed by atoms with Crippen LogP contribution in [0.3, 0.4) is 0 Å². The Bertz CT molecular complexity index is 495. The van der Waals surface area contributed by atoms with Crippen LogP contribution >= 0.6 is 0 Å². The lowest BCUT2D eigenvalue weighted by atomic mass is 9.82. The summed E-state index contributed by atoms with van der Waals surface area (Å²) in [6.07, 6.45) is 6.78. The molecule has 0 bridgehead atoms. The van der Waals surface area contributed by atoms with Crippen molar-refractivity contribution in [2.45, 2.75) is 78.3 Å². The van der Waals surface area contributed by atoms with Crippen LogP contribution in [0.5, 0.6) is 0 Å². The van der Waals surface area contributed by atoms with Crippen LogP contribution in [0.1, 0.15) is 70.6 Å². The highest BCUT2D eigenvalue weighted by Gasteiger charge is 2.29. The van der Waals surface area contributed by atoms with Crippen LogP contribution in [-0.4, -0.2) is 16.1 Å². The minimum Gasteiger partial charge on any atom is -0.331 e. The van der Waals surface area contributed by atoms with Crippen LogP contribution in [0, 0.1) is 11.8 Å². The fourth-order valence-corrected chi connectivity index (χ4v) is 4.12. The van der Waals surface area contributed by atoms with E-state index in [4.69, 9.17) is 4.98 Å². The molecule has 2 aliphatic rings. The Hall–Kier alpha value is -0.830. The molecule has 1 fully saturated rings. The van der Waals surface area contributed by atoms with Gasteiger partial charge < -0.3 is 9.88 Å². The molecule has 1 N–H and O–H groups in total. The Morgan fingerprint density at radius 3 is 2.81 bits per heavy atom. The predicted molar refractivity (Wildman–Crippen MR) is 87.5 cm³/mol. The highest BCUT2D eigenvalue weighted by molar-refractivity contribution is 5.23. The third kappa shape index (κ3) is 3.18. The van der Waals surface area contributed by atoms with Crippen molar-refractivity contribution in [3.8, 4) is 0 Å². The first kappa shape index (κ1) is 15.1. The molecule has 2 atom stereocenters. The summed E-state index contributed by atoms with van der Waals surface area (Å²) < 4.78 is 2.60. The normalized spacial score (nSPS) is 26.7. The maximum absolute atomic E-state index is 5.01. The van der Waals surface area contributed by atoms with E-state index in [1.807, 2.05) is 0 Å². The number of nitrogens with one attached hydrogen (secondary N) is 1. The van der Waals surface area contributed by atoms with Gasteiger partial charge in [0.25, 0.3) is 0 Å². The minimum absolute atomic E-state index is 0.137. The Morgan fingerprint density at radius 1 is 1.29 bits per heavy atom. The second-order valence-corrected chi connectivity index (χ2v) is 8.25. The molecule has 1 aromatic heterocycles. The predicted octanol–water partition coefficient (Wildman–Crippen LogP) is 3.65. The van der Waals surface area contributed by atoms with Crippen LogP contribution in [0.2, 0.25) is 0 Å². The molecule has 21 heavy (non-hydrogen) atoms. The van der Waals surface area contributed by atoms with Crippen molar-refractivity contribution in [3.63, 3.8) is 0 Å². The van der Waals surface area contributed by atoms with Gasteiger partial charge in [0, 0.05) is 37.2 Å². The average molecular weight is 289 g/mol. The molecule has 0 saturated heterocycles. The molecule has 1 aliphatic heterocycles. The van der Waals surface area contributed by atoms with Gasteiger partial charge in [-0.3, -0.25) is 0 Å². The Morgan fingerprint density at radius 2 is 2.10 bits per heavy atom. The van der Waals surface area contributed by atoms with Gasteiger partial charge in [-0.05, 0) is 24.7 Å². The van der Waals surface area contributed by atoms with Crippen LogP contribution in [0.4, 0.5) is 0 Å². The number of hydrogen-bond acceptors (Lipinski definition) is 2. The Labute approximate surface area is 129 Å². The maximum atomic E-state index is 5.01.